The first-order valence-electron chi connectivity index (χ1n) is 7.03. The van der Waals surface area contributed by atoms with Gasteiger partial charge in [0.1, 0.15) is 23.7 Å². The Kier molecular flexibility index (Phi) is 3.43. The average molecular weight is 370 g/mol. The molecule has 25 heavy (non-hydrogen) atoms. The predicted molar refractivity (Wildman–Crippen MR) is 83.3 cm³/mol. The summed E-state index contributed by atoms with van der Waals surface area (Å²) in [6.45, 7) is -0.973. The van der Waals surface area contributed by atoms with Crippen molar-refractivity contribution < 1.29 is 17.6 Å². The predicted octanol–water partition coefficient (Wildman–Crippen LogP) is 4.44. The molecule has 0 atom stereocenters. The summed E-state index contributed by atoms with van der Waals surface area (Å²) in [5.74, 6) is -0.0688. The van der Waals surface area contributed by atoms with Crippen LogP contribution < -0.4 is 0 Å². The molecular formula is C15H8ClF4N5. The highest BCUT2D eigenvalue weighted by molar-refractivity contribution is 6.35. The molecule has 0 aliphatic rings. The second kappa shape index (κ2) is 5.41. The van der Waals surface area contributed by atoms with Crippen LogP contribution in [0.2, 0.25) is 5.02 Å². The fourth-order valence-corrected chi connectivity index (χ4v) is 2.91. The molecule has 0 radical (unpaired) electrons. The minimum Gasteiger partial charge on any atom is -0.278 e. The van der Waals surface area contributed by atoms with Crippen LogP contribution in [0.5, 0.6) is 0 Å². The maximum atomic E-state index is 13.4. The summed E-state index contributed by atoms with van der Waals surface area (Å²) in [5, 5.41) is 7.49. The van der Waals surface area contributed by atoms with E-state index in [0.717, 1.165) is 6.07 Å². The molecule has 0 saturated heterocycles. The largest absolute Gasteiger partial charge is 0.433 e. The minimum absolute atomic E-state index is 0.0688. The number of nitrogens with zero attached hydrogens (tertiary/aromatic N) is 4. The van der Waals surface area contributed by atoms with Gasteiger partial charge in [-0.1, -0.05) is 11.6 Å². The van der Waals surface area contributed by atoms with E-state index in [1.165, 1.54) is 22.9 Å². The highest BCUT2D eigenvalue weighted by Crippen LogP contribution is 2.32. The topological polar surface area (TPSA) is 59.4 Å². The Hall–Kier alpha value is -2.68. The summed E-state index contributed by atoms with van der Waals surface area (Å²) in [6.07, 6.45) is -3.11. The normalized spacial score (nSPS) is 12.4. The third-order valence-electron chi connectivity index (χ3n) is 3.73. The number of pyridine rings is 1. The quantitative estimate of drug-likeness (QED) is 0.531. The van der Waals surface area contributed by atoms with Crippen molar-refractivity contribution in [2.75, 3.05) is 0 Å². The van der Waals surface area contributed by atoms with Crippen molar-refractivity contribution in [1.29, 1.82) is 0 Å². The van der Waals surface area contributed by atoms with Crippen LogP contribution in [0.1, 0.15) is 11.5 Å². The third kappa shape index (κ3) is 2.51. The first kappa shape index (κ1) is 15.8. The van der Waals surface area contributed by atoms with E-state index in [0.29, 0.717) is 21.6 Å². The van der Waals surface area contributed by atoms with Crippen molar-refractivity contribution in [2.24, 2.45) is 0 Å². The van der Waals surface area contributed by atoms with Gasteiger partial charge in [-0.2, -0.15) is 18.3 Å². The fraction of sp³-hybridized carbons (Fsp3) is 0.133. The summed E-state index contributed by atoms with van der Waals surface area (Å²) in [4.78, 5) is 7.65. The monoisotopic (exact) mass is 369 g/mol. The molecule has 0 fully saturated rings. The molecule has 0 unspecified atom stereocenters. The molecule has 0 aliphatic heterocycles. The number of fused-ring (bicyclic) bond motifs is 2. The molecule has 0 aliphatic carbocycles. The second-order valence-corrected chi connectivity index (χ2v) is 5.70. The number of nitrogens with one attached hydrogen (secondary N) is 1. The van der Waals surface area contributed by atoms with E-state index in [1.54, 1.807) is 6.07 Å². The fourth-order valence-electron chi connectivity index (χ4n) is 2.65. The number of hydrogen-bond donors (Lipinski definition) is 1. The number of alkyl halides is 4. The molecule has 3 aromatic heterocycles. The lowest BCUT2D eigenvalue weighted by atomic mass is 10.2. The molecule has 1 N–H and O–H groups in total. The molecular weight excluding hydrogens is 362 g/mol. The van der Waals surface area contributed by atoms with Crippen LogP contribution in [0.15, 0.2) is 30.5 Å². The van der Waals surface area contributed by atoms with Crippen LogP contribution in [0.25, 0.3) is 27.8 Å². The number of imidazole rings is 1. The number of benzene rings is 1. The Labute approximate surface area is 142 Å². The van der Waals surface area contributed by atoms with E-state index >= 15 is 0 Å². The van der Waals surface area contributed by atoms with Crippen molar-refractivity contribution >= 4 is 33.7 Å². The van der Waals surface area contributed by atoms with Crippen LogP contribution >= 0.6 is 11.6 Å². The van der Waals surface area contributed by atoms with Crippen molar-refractivity contribution in [3.05, 3.63) is 47.0 Å². The lowest BCUT2D eigenvalue weighted by molar-refractivity contribution is -0.141. The van der Waals surface area contributed by atoms with Gasteiger partial charge in [0, 0.05) is 5.39 Å². The van der Waals surface area contributed by atoms with E-state index in [4.69, 9.17) is 11.6 Å². The molecule has 4 rings (SSSR count). The summed E-state index contributed by atoms with van der Waals surface area (Å²) in [6, 6.07) is 5.09. The molecule has 0 amide bonds. The van der Waals surface area contributed by atoms with Crippen molar-refractivity contribution in [1.82, 2.24) is 24.7 Å². The van der Waals surface area contributed by atoms with Gasteiger partial charge in [0.25, 0.3) is 0 Å². The summed E-state index contributed by atoms with van der Waals surface area (Å²) >= 11 is 6.17. The Morgan fingerprint density at radius 2 is 1.96 bits per heavy atom. The smallest absolute Gasteiger partial charge is 0.278 e. The minimum atomic E-state index is -4.62. The van der Waals surface area contributed by atoms with Gasteiger partial charge in [-0.3, -0.25) is 9.67 Å². The average Bonchev–Trinajstić information content (AvgIpc) is 3.16. The van der Waals surface area contributed by atoms with Gasteiger partial charge < -0.3 is 0 Å². The summed E-state index contributed by atoms with van der Waals surface area (Å²) in [5.41, 5.74) is -0.103. The Morgan fingerprint density at radius 3 is 2.68 bits per heavy atom. The molecule has 0 saturated carbocycles. The molecule has 5 nitrogen and oxygen atoms in total. The number of rotatable bonds is 2. The van der Waals surface area contributed by atoms with E-state index in [2.05, 4.69) is 20.2 Å². The summed E-state index contributed by atoms with van der Waals surface area (Å²) < 4.78 is 53.5. The van der Waals surface area contributed by atoms with Gasteiger partial charge in [-0.15, -0.1) is 0 Å². The van der Waals surface area contributed by atoms with Crippen LogP contribution in [0.3, 0.4) is 0 Å². The Bertz CT molecular complexity index is 1100. The second-order valence-electron chi connectivity index (χ2n) is 5.30. The highest BCUT2D eigenvalue weighted by atomic mass is 35.5. The number of H-pyrrole nitrogens is 1. The standard InChI is InChI=1S/C15H8ClF4N5/c16-9-4-8(3-7-6-21-24-13(7)9)25-12(5-17)22-10-1-2-11(15(18,19)20)23-14(10)25/h1-4,6H,5H2,(H,21,24). The molecule has 10 heteroatoms. The maximum absolute atomic E-state index is 13.4. The van der Waals surface area contributed by atoms with Crippen molar-refractivity contribution in [3.63, 3.8) is 0 Å². The van der Waals surface area contributed by atoms with Crippen molar-refractivity contribution in [3.8, 4) is 5.69 Å². The van der Waals surface area contributed by atoms with E-state index in [9.17, 15) is 17.6 Å². The van der Waals surface area contributed by atoms with Crippen LogP contribution in [0, 0.1) is 0 Å². The highest BCUT2D eigenvalue weighted by Gasteiger charge is 2.33. The van der Waals surface area contributed by atoms with Gasteiger partial charge in [0.05, 0.1) is 22.4 Å². The van der Waals surface area contributed by atoms with Gasteiger partial charge in [-0.25, -0.2) is 14.4 Å². The molecule has 1 aromatic carbocycles. The molecule has 3 heterocycles. The Balaban J connectivity index is 2.03. The lowest BCUT2D eigenvalue weighted by Crippen LogP contribution is -2.09. The molecule has 4 aromatic rings. The van der Waals surface area contributed by atoms with Gasteiger partial charge in [-0.05, 0) is 24.3 Å². The lowest BCUT2D eigenvalue weighted by Gasteiger charge is -2.10. The first-order chi connectivity index (χ1) is 11.9. The number of aromatic amines is 1. The summed E-state index contributed by atoms with van der Waals surface area (Å²) in [7, 11) is 0. The zero-order valence-electron chi connectivity index (χ0n) is 12.3. The van der Waals surface area contributed by atoms with E-state index in [1.807, 2.05) is 0 Å². The molecule has 128 valence electrons. The SMILES string of the molecule is FCc1nc2ccc(C(F)(F)F)nc2n1-c1cc(Cl)c2[nH]ncc2c1. The zero-order valence-corrected chi connectivity index (χ0v) is 13.0. The molecule has 0 spiro atoms. The first-order valence-corrected chi connectivity index (χ1v) is 7.41. The number of aromatic nitrogens is 5. The van der Waals surface area contributed by atoms with Crippen LogP contribution in [0.4, 0.5) is 17.6 Å². The van der Waals surface area contributed by atoms with Gasteiger partial charge >= 0.3 is 6.18 Å². The third-order valence-corrected chi connectivity index (χ3v) is 4.03. The van der Waals surface area contributed by atoms with Crippen LogP contribution in [-0.2, 0) is 12.9 Å². The number of halogens is 5. The zero-order chi connectivity index (χ0) is 17.8. The maximum Gasteiger partial charge on any atom is 0.433 e. The van der Waals surface area contributed by atoms with E-state index < -0.39 is 18.5 Å². The van der Waals surface area contributed by atoms with Gasteiger partial charge in [0.15, 0.2) is 5.65 Å². The van der Waals surface area contributed by atoms with Crippen LogP contribution in [-0.4, -0.2) is 24.7 Å². The Morgan fingerprint density at radius 1 is 1.16 bits per heavy atom. The van der Waals surface area contributed by atoms with Gasteiger partial charge in [0.2, 0.25) is 0 Å². The number of hydrogen-bond acceptors (Lipinski definition) is 3. The van der Waals surface area contributed by atoms with E-state index in [-0.39, 0.29) is 17.0 Å². The molecule has 0 bridgehead atoms. The van der Waals surface area contributed by atoms with Crippen molar-refractivity contribution in [2.45, 2.75) is 12.9 Å².